The summed E-state index contributed by atoms with van der Waals surface area (Å²) in [6.07, 6.45) is -10.2. The van der Waals surface area contributed by atoms with Gasteiger partial charge in [0.1, 0.15) is 12.3 Å². The number of hydrogen-bond donors (Lipinski definition) is 1. The molecule has 1 heterocycles. The van der Waals surface area contributed by atoms with Gasteiger partial charge in [-0.2, -0.15) is 26.3 Å². The molecule has 0 aliphatic carbocycles. The first-order chi connectivity index (χ1) is 16.7. The van der Waals surface area contributed by atoms with Gasteiger partial charge in [-0.05, 0) is 50.2 Å². The zero-order chi connectivity index (χ0) is 26.8. The van der Waals surface area contributed by atoms with E-state index in [2.05, 4.69) is 5.32 Å². The fourth-order valence-corrected chi connectivity index (χ4v) is 3.55. The Labute approximate surface area is 201 Å². The number of anilines is 2. The molecule has 1 N–H and O–H groups in total. The number of likely N-dealkylation sites (N-methyl/N-ethyl adjacent to an activating group) is 1. The molecule has 0 atom stereocenters. The lowest BCUT2D eigenvalue weighted by atomic mass is 10.0. The molecule has 1 aliphatic rings. The predicted molar refractivity (Wildman–Crippen MR) is 117 cm³/mol. The minimum absolute atomic E-state index is 0.0386. The molecule has 0 saturated carbocycles. The van der Waals surface area contributed by atoms with Gasteiger partial charge in [0.05, 0.1) is 16.8 Å². The minimum Gasteiger partial charge on any atom is -0.482 e. The van der Waals surface area contributed by atoms with Crippen LogP contribution in [-0.2, 0) is 21.9 Å². The number of rotatable bonds is 6. The van der Waals surface area contributed by atoms with E-state index < -0.39 is 40.9 Å². The Morgan fingerprint density at radius 1 is 0.972 bits per heavy atom. The second-order valence-electron chi connectivity index (χ2n) is 7.77. The van der Waals surface area contributed by atoms with E-state index >= 15 is 0 Å². The maximum Gasteiger partial charge on any atom is 0.416 e. The summed E-state index contributed by atoms with van der Waals surface area (Å²) < 4.78 is 84.1. The highest BCUT2D eigenvalue weighted by Gasteiger charge is 2.37. The molecule has 0 radical (unpaired) electrons. The third-order valence-electron chi connectivity index (χ3n) is 5.42. The molecule has 13 heteroatoms. The fraction of sp³-hybridized carbons (Fsp3) is 0.348. The van der Waals surface area contributed by atoms with Gasteiger partial charge in [0.25, 0.3) is 11.8 Å². The number of carbonyl (C=O) groups is 3. The second kappa shape index (κ2) is 10.1. The zero-order valence-electron chi connectivity index (χ0n) is 19.1. The maximum atomic E-state index is 13.1. The predicted octanol–water partition coefficient (Wildman–Crippen LogP) is 4.57. The first-order valence-electron chi connectivity index (χ1n) is 10.7. The van der Waals surface area contributed by atoms with Gasteiger partial charge < -0.3 is 15.0 Å². The number of halogens is 6. The Morgan fingerprint density at radius 2 is 1.56 bits per heavy atom. The van der Waals surface area contributed by atoms with Crippen molar-refractivity contribution in [1.82, 2.24) is 4.90 Å². The molecule has 3 rings (SSSR count). The normalized spacial score (nSPS) is 13.7. The summed E-state index contributed by atoms with van der Waals surface area (Å²) in [6, 6.07) is 4.45. The summed E-state index contributed by atoms with van der Waals surface area (Å²) in [4.78, 5) is 40.2. The summed E-state index contributed by atoms with van der Waals surface area (Å²) in [5.41, 5.74) is -4.05. The Morgan fingerprint density at radius 3 is 2.08 bits per heavy atom. The van der Waals surface area contributed by atoms with Crippen molar-refractivity contribution in [3.63, 3.8) is 0 Å². The molecule has 7 nitrogen and oxygen atoms in total. The molecule has 0 fully saturated rings. The van der Waals surface area contributed by atoms with Crippen LogP contribution in [-0.4, -0.2) is 48.9 Å². The van der Waals surface area contributed by atoms with Crippen LogP contribution in [0.15, 0.2) is 36.4 Å². The lowest BCUT2D eigenvalue weighted by Gasteiger charge is -2.31. The van der Waals surface area contributed by atoms with E-state index in [0.717, 1.165) is 4.90 Å². The van der Waals surface area contributed by atoms with Gasteiger partial charge in [0.15, 0.2) is 6.61 Å². The van der Waals surface area contributed by atoms with Crippen LogP contribution in [0.2, 0.25) is 0 Å². The average Bonchev–Trinajstić information content (AvgIpc) is 2.80. The van der Waals surface area contributed by atoms with Crippen LogP contribution in [0.1, 0.15) is 35.3 Å². The van der Waals surface area contributed by atoms with Gasteiger partial charge in [-0.1, -0.05) is 0 Å². The summed E-state index contributed by atoms with van der Waals surface area (Å²) in [5.74, 6) is -1.92. The van der Waals surface area contributed by atoms with E-state index in [1.807, 2.05) is 0 Å². The molecule has 2 aromatic carbocycles. The SMILES string of the molecule is CCN(CC)C(=O)CN1C(=O)COc2ccc(NC(=O)c3cc(C(F)(F)F)cc(C(F)(F)F)c3)cc21. The zero-order valence-corrected chi connectivity index (χ0v) is 19.1. The first-order valence-corrected chi connectivity index (χ1v) is 10.7. The number of carbonyl (C=O) groups excluding carboxylic acids is 3. The van der Waals surface area contributed by atoms with E-state index in [0.29, 0.717) is 25.2 Å². The summed E-state index contributed by atoms with van der Waals surface area (Å²) in [6.45, 7) is 3.69. The largest absolute Gasteiger partial charge is 0.482 e. The van der Waals surface area contributed by atoms with Crippen molar-refractivity contribution in [2.75, 3.05) is 36.5 Å². The fourth-order valence-electron chi connectivity index (χ4n) is 3.55. The molecule has 0 unspecified atom stereocenters. The van der Waals surface area contributed by atoms with Gasteiger partial charge in [-0.15, -0.1) is 0 Å². The maximum absolute atomic E-state index is 13.1. The van der Waals surface area contributed by atoms with Crippen LogP contribution in [0, 0.1) is 0 Å². The number of benzene rings is 2. The molecule has 3 amide bonds. The Bertz CT molecular complexity index is 1140. The van der Waals surface area contributed by atoms with Gasteiger partial charge in [-0.3, -0.25) is 19.3 Å². The Balaban J connectivity index is 1.92. The lowest BCUT2D eigenvalue weighted by molar-refractivity contribution is -0.143. The highest BCUT2D eigenvalue weighted by atomic mass is 19.4. The van der Waals surface area contributed by atoms with E-state index in [1.165, 1.54) is 23.1 Å². The molecule has 0 bridgehead atoms. The van der Waals surface area contributed by atoms with Crippen molar-refractivity contribution in [3.05, 3.63) is 53.1 Å². The average molecular weight is 517 g/mol. The van der Waals surface area contributed by atoms with Crippen LogP contribution < -0.4 is 15.0 Å². The van der Waals surface area contributed by atoms with E-state index in [4.69, 9.17) is 4.74 Å². The second-order valence-corrected chi connectivity index (χ2v) is 7.77. The van der Waals surface area contributed by atoms with Crippen molar-refractivity contribution in [2.24, 2.45) is 0 Å². The van der Waals surface area contributed by atoms with Gasteiger partial charge in [0.2, 0.25) is 5.91 Å². The number of hydrogen-bond acceptors (Lipinski definition) is 4. The summed E-state index contributed by atoms with van der Waals surface area (Å²) in [7, 11) is 0. The van der Waals surface area contributed by atoms with E-state index in [9.17, 15) is 40.7 Å². The molecule has 2 aromatic rings. The number of nitrogens with one attached hydrogen (secondary N) is 1. The standard InChI is InChI=1S/C23H21F6N3O4/c1-3-31(4-2)19(33)11-32-17-10-16(5-6-18(17)36-12-20(32)34)30-21(35)13-7-14(22(24,25)26)9-15(8-13)23(27,28)29/h5-10H,3-4,11-12H2,1-2H3,(H,30,35). The number of alkyl halides is 6. The third-order valence-corrected chi connectivity index (χ3v) is 5.42. The molecule has 0 aromatic heterocycles. The van der Waals surface area contributed by atoms with Crippen molar-refractivity contribution >= 4 is 29.1 Å². The smallest absolute Gasteiger partial charge is 0.416 e. The molecule has 1 aliphatic heterocycles. The van der Waals surface area contributed by atoms with Gasteiger partial charge in [-0.25, -0.2) is 0 Å². The van der Waals surface area contributed by atoms with E-state index in [-0.39, 0.29) is 42.2 Å². The monoisotopic (exact) mass is 517 g/mol. The van der Waals surface area contributed by atoms with Crippen molar-refractivity contribution in [3.8, 4) is 5.75 Å². The number of ether oxygens (including phenoxy) is 1. The molecule has 0 saturated heterocycles. The first kappa shape index (κ1) is 26.8. The Hall–Kier alpha value is -3.77. The van der Waals surface area contributed by atoms with Crippen LogP contribution in [0.5, 0.6) is 5.75 Å². The van der Waals surface area contributed by atoms with Gasteiger partial charge >= 0.3 is 12.4 Å². The van der Waals surface area contributed by atoms with Crippen LogP contribution in [0.4, 0.5) is 37.7 Å². The van der Waals surface area contributed by atoms with Crippen molar-refractivity contribution in [1.29, 1.82) is 0 Å². The van der Waals surface area contributed by atoms with Crippen LogP contribution >= 0.6 is 0 Å². The molecular weight excluding hydrogens is 496 g/mol. The molecule has 36 heavy (non-hydrogen) atoms. The van der Waals surface area contributed by atoms with Crippen LogP contribution in [0.3, 0.4) is 0 Å². The lowest BCUT2D eigenvalue weighted by Crippen LogP contribution is -2.46. The summed E-state index contributed by atoms with van der Waals surface area (Å²) >= 11 is 0. The number of fused-ring (bicyclic) bond motifs is 1. The Kier molecular flexibility index (Phi) is 7.51. The summed E-state index contributed by atoms with van der Waals surface area (Å²) in [5, 5.41) is 2.24. The number of nitrogens with zero attached hydrogens (tertiary/aromatic N) is 2. The minimum atomic E-state index is -5.11. The van der Waals surface area contributed by atoms with Crippen molar-refractivity contribution < 1.29 is 45.5 Å². The highest BCUT2D eigenvalue weighted by molar-refractivity contribution is 6.06. The van der Waals surface area contributed by atoms with Crippen molar-refractivity contribution in [2.45, 2.75) is 26.2 Å². The van der Waals surface area contributed by atoms with Gasteiger partial charge in [0, 0.05) is 24.3 Å². The topological polar surface area (TPSA) is 79.0 Å². The van der Waals surface area contributed by atoms with E-state index in [1.54, 1.807) is 13.8 Å². The molecule has 194 valence electrons. The molecule has 0 spiro atoms. The highest BCUT2D eigenvalue weighted by Crippen LogP contribution is 2.37. The van der Waals surface area contributed by atoms with Crippen LogP contribution in [0.25, 0.3) is 0 Å². The quantitative estimate of drug-likeness (QED) is 0.570. The third kappa shape index (κ3) is 5.89. The number of amides is 3. The molecular formula is C23H21F6N3O4.